The molecule has 0 saturated heterocycles. The lowest BCUT2D eigenvalue weighted by Crippen LogP contribution is -2.42. The highest BCUT2D eigenvalue weighted by Gasteiger charge is 2.30. The summed E-state index contributed by atoms with van der Waals surface area (Å²) in [5, 5.41) is 3.32. The highest BCUT2D eigenvalue weighted by atomic mass is 35.5. The number of nitrogens with one attached hydrogen (secondary N) is 1. The first-order chi connectivity index (χ1) is 10.8. The Morgan fingerprint density at radius 1 is 1.17 bits per heavy atom. The minimum atomic E-state index is -1.11. The Bertz CT molecular complexity index is 746. The average molecular weight is 352 g/mol. The Balaban J connectivity index is 2.12. The molecule has 2 rings (SSSR count). The monoisotopic (exact) mass is 351 g/mol. The van der Waals surface area contributed by atoms with Crippen LogP contribution >= 0.6 is 11.6 Å². The number of anilines is 1. The molecule has 0 heterocycles. The Morgan fingerprint density at radius 3 is 2.52 bits per heavy atom. The van der Waals surface area contributed by atoms with E-state index in [1.54, 1.807) is 68.6 Å². The van der Waals surface area contributed by atoms with E-state index in [0.717, 1.165) is 0 Å². The smallest absolute Gasteiger partial charge is 0.267 e. The fourth-order valence-electron chi connectivity index (χ4n) is 1.91. The van der Waals surface area contributed by atoms with E-state index in [4.69, 9.17) is 16.3 Å². The van der Waals surface area contributed by atoms with Crippen molar-refractivity contribution in [2.24, 2.45) is 0 Å². The Morgan fingerprint density at radius 2 is 1.87 bits per heavy atom. The zero-order valence-electron chi connectivity index (χ0n) is 13.1. The van der Waals surface area contributed by atoms with Crippen molar-refractivity contribution in [2.45, 2.75) is 24.3 Å². The van der Waals surface area contributed by atoms with Gasteiger partial charge in [0.1, 0.15) is 5.75 Å². The maximum absolute atomic E-state index is 12.5. The van der Waals surface area contributed by atoms with Crippen molar-refractivity contribution in [1.82, 2.24) is 0 Å². The fourth-order valence-corrected chi connectivity index (χ4v) is 2.65. The van der Waals surface area contributed by atoms with Crippen molar-refractivity contribution in [1.29, 1.82) is 0 Å². The molecule has 1 atom stereocenters. The number of hydrogen-bond donors (Lipinski definition) is 1. The van der Waals surface area contributed by atoms with Gasteiger partial charge in [0, 0.05) is 32.7 Å². The molecule has 0 fully saturated rings. The van der Waals surface area contributed by atoms with E-state index >= 15 is 0 Å². The first-order valence-corrected chi connectivity index (χ1v) is 8.91. The minimum absolute atomic E-state index is 0.309. The maximum Gasteiger partial charge on any atom is 0.267 e. The highest BCUT2D eigenvalue weighted by Crippen LogP contribution is 2.23. The summed E-state index contributed by atoms with van der Waals surface area (Å²) in [6.07, 6.45) is 1.59. The predicted octanol–water partition coefficient (Wildman–Crippen LogP) is 3.87. The summed E-state index contributed by atoms with van der Waals surface area (Å²) in [5.41, 5.74) is -0.517. The number of ether oxygens (including phenoxy) is 1. The van der Waals surface area contributed by atoms with Crippen LogP contribution in [0, 0.1) is 0 Å². The molecule has 4 nitrogen and oxygen atoms in total. The maximum atomic E-state index is 12.5. The number of hydrogen-bond acceptors (Lipinski definition) is 3. The Labute approximate surface area is 143 Å². The Kier molecular flexibility index (Phi) is 5.44. The molecule has 122 valence electrons. The number of carbonyl (C=O) groups excluding carboxylic acids is 1. The zero-order valence-corrected chi connectivity index (χ0v) is 14.7. The molecule has 0 aliphatic rings. The lowest BCUT2D eigenvalue weighted by Gasteiger charge is -2.25. The summed E-state index contributed by atoms with van der Waals surface area (Å²) in [5.74, 6) is 0.206. The number of amides is 1. The topological polar surface area (TPSA) is 55.4 Å². The summed E-state index contributed by atoms with van der Waals surface area (Å²) in [4.78, 5) is 13.1. The van der Waals surface area contributed by atoms with E-state index in [0.29, 0.717) is 21.4 Å². The van der Waals surface area contributed by atoms with E-state index in [2.05, 4.69) is 5.32 Å². The lowest BCUT2D eigenvalue weighted by atomic mass is 10.1. The molecule has 0 spiro atoms. The van der Waals surface area contributed by atoms with Gasteiger partial charge in [-0.25, -0.2) is 0 Å². The van der Waals surface area contributed by atoms with Crippen LogP contribution in [0.2, 0.25) is 5.02 Å². The zero-order chi connectivity index (χ0) is 17.0. The van der Waals surface area contributed by atoms with Crippen molar-refractivity contribution < 1.29 is 13.7 Å². The van der Waals surface area contributed by atoms with E-state index < -0.39 is 16.4 Å². The van der Waals surface area contributed by atoms with Crippen LogP contribution in [0.5, 0.6) is 5.75 Å². The number of carbonyl (C=O) groups is 1. The molecule has 0 aliphatic carbocycles. The van der Waals surface area contributed by atoms with Crippen LogP contribution in [0.4, 0.5) is 5.69 Å². The molecule has 6 heteroatoms. The third kappa shape index (κ3) is 4.81. The average Bonchev–Trinajstić information content (AvgIpc) is 2.47. The molecule has 0 aliphatic heterocycles. The second kappa shape index (κ2) is 7.15. The van der Waals surface area contributed by atoms with Crippen molar-refractivity contribution >= 4 is 34.0 Å². The van der Waals surface area contributed by atoms with Crippen LogP contribution in [0.3, 0.4) is 0 Å². The van der Waals surface area contributed by atoms with Gasteiger partial charge < -0.3 is 10.1 Å². The van der Waals surface area contributed by atoms with Crippen LogP contribution in [0.15, 0.2) is 53.4 Å². The van der Waals surface area contributed by atoms with Crippen LogP contribution in [0.25, 0.3) is 0 Å². The van der Waals surface area contributed by atoms with Crippen LogP contribution < -0.4 is 10.1 Å². The molecule has 0 saturated carbocycles. The highest BCUT2D eigenvalue weighted by molar-refractivity contribution is 7.84. The molecule has 23 heavy (non-hydrogen) atoms. The van der Waals surface area contributed by atoms with Gasteiger partial charge in [-0.3, -0.25) is 9.00 Å². The van der Waals surface area contributed by atoms with Gasteiger partial charge >= 0.3 is 0 Å². The fraction of sp³-hybridized carbons (Fsp3) is 0.235. The van der Waals surface area contributed by atoms with Crippen molar-refractivity contribution in [3.8, 4) is 5.75 Å². The van der Waals surface area contributed by atoms with Gasteiger partial charge in [0.25, 0.3) is 5.91 Å². The molecule has 2 aromatic rings. The standard InChI is InChI=1S/C17H18ClNO3S/c1-17(2,22-14-8-4-6-12(18)10-14)16(20)19-13-7-5-9-15(11-13)23(3)21/h4-11H,1-3H3,(H,19,20). The van der Waals surface area contributed by atoms with Crippen LogP contribution in [-0.4, -0.2) is 22.0 Å². The Hall–Kier alpha value is -1.85. The number of benzene rings is 2. The SMILES string of the molecule is CS(=O)c1cccc(NC(=O)C(C)(C)Oc2cccc(Cl)c2)c1. The molecule has 0 radical (unpaired) electrons. The second-order valence-corrected chi connectivity index (χ2v) is 7.32. The summed E-state index contributed by atoms with van der Waals surface area (Å²) in [6.45, 7) is 3.34. The lowest BCUT2D eigenvalue weighted by molar-refractivity contribution is -0.128. The van der Waals surface area contributed by atoms with E-state index in [9.17, 15) is 9.00 Å². The van der Waals surface area contributed by atoms with Crippen molar-refractivity contribution in [3.63, 3.8) is 0 Å². The van der Waals surface area contributed by atoms with Gasteiger partial charge in [0.05, 0.1) is 0 Å². The summed E-state index contributed by atoms with van der Waals surface area (Å²) < 4.78 is 17.3. The van der Waals surface area contributed by atoms with E-state index in [-0.39, 0.29) is 5.91 Å². The summed E-state index contributed by atoms with van der Waals surface area (Å²) in [6, 6.07) is 13.8. The molecule has 1 amide bonds. The molecule has 2 aromatic carbocycles. The van der Waals surface area contributed by atoms with E-state index in [1.807, 2.05) is 0 Å². The van der Waals surface area contributed by atoms with Gasteiger partial charge in [0.2, 0.25) is 0 Å². The minimum Gasteiger partial charge on any atom is -0.478 e. The second-order valence-electron chi connectivity index (χ2n) is 5.51. The molecule has 0 aromatic heterocycles. The van der Waals surface area contributed by atoms with Crippen LogP contribution in [-0.2, 0) is 15.6 Å². The molecule has 0 bridgehead atoms. The quantitative estimate of drug-likeness (QED) is 0.889. The largest absolute Gasteiger partial charge is 0.478 e. The third-order valence-corrected chi connectivity index (χ3v) is 4.29. The number of halogens is 1. The predicted molar refractivity (Wildman–Crippen MR) is 93.6 cm³/mol. The number of rotatable bonds is 5. The molecular weight excluding hydrogens is 334 g/mol. The van der Waals surface area contributed by atoms with Gasteiger partial charge in [0.15, 0.2) is 5.60 Å². The normalized spacial score (nSPS) is 12.5. The summed E-state index contributed by atoms with van der Waals surface area (Å²) in [7, 11) is -1.11. The van der Waals surface area contributed by atoms with Gasteiger partial charge in [-0.1, -0.05) is 23.7 Å². The van der Waals surface area contributed by atoms with Gasteiger partial charge in [-0.05, 0) is 50.2 Å². The first kappa shape index (κ1) is 17.5. The molecular formula is C17H18ClNO3S. The first-order valence-electron chi connectivity index (χ1n) is 6.97. The third-order valence-electron chi connectivity index (χ3n) is 3.14. The van der Waals surface area contributed by atoms with Crippen molar-refractivity contribution in [2.75, 3.05) is 11.6 Å². The molecule has 1 unspecified atom stereocenters. The van der Waals surface area contributed by atoms with Crippen LogP contribution in [0.1, 0.15) is 13.8 Å². The van der Waals surface area contributed by atoms with Gasteiger partial charge in [-0.15, -0.1) is 0 Å². The van der Waals surface area contributed by atoms with E-state index in [1.165, 1.54) is 0 Å². The van der Waals surface area contributed by atoms with Gasteiger partial charge in [-0.2, -0.15) is 0 Å². The molecule has 1 N–H and O–H groups in total. The van der Waals surface area contributed by atoms with Crippen molar-refractivity contribution in [3.05, 3.63) is 53.6 Å². The summed E-state index contributed by atoms with van der Waals surface area (Å²) >= 11 is 5.92.